The average molecular weight is 512 g/mol. The molecule has 6 nitrogen and oxygen atoms in total. The van der Waals surface area contributed by atoms with Crippen LogP contribution >= 0.6 is 0 Å². The highest BCUT2D eigenvalue weighted by molar-refractivity contribution is 5.95. The average Bonchev–Trinajstić information content (AvgIpc) is 2.88. The number of hydrogen-bond donors (Lipinski definition) is 1. The molecule has 0 atom stereocenters. The highest BCUT2D eigenvalue weighted by Gasteiger charge is 2.32. The summed E-state index contributed by atoms with van der Waals surface area (Å²) in [5.41, 5.74) is 2.29. The van der Waals surface area contributed by atoms with Gasteiger partial charge in [-0.2, -0.15) is 13.2 Å². The lowest BCUT2D eigenvalue weighted by atomic mass is 9.89. The molecule has 9 heteroatoms. The van der Waals surface area contributed by atoms with Crippen LogP contribution in [0.1, 0.15) is 51.6 Å². The van der Waals surface area contributed by atoms with E-state index in [0.717, 1.165) is 30.0 Å². The molecule has 2 amide bonds. The summed E-state index contributed by atoms with van der Waals surface area (Å²) in [5, 5.41) is 2.71. The lowest BCUT2D eigenvalue weighted by Gasteiger charge is -2.32. The van der Waals surface area contributed by atoms with Gasteiger partial charge >= 0.3 is 6.18 Å². The fraction of sp³-hybridized carbons (Fsp3) is 0.321. The molecule has 1 aliphatic rings. The number of hydrogen-bond acceptors (Lipinski definition) is 4. The van der Waals surface area contributed by atoms with Gasteiger partial charge in [-0.3, -0.25) is 9.59 Å². The maximum Gasteiger partial charge on any atom is 0.433 e. The van der Waals surface area contributed by atoms with Gasteiger partial charge in [0.1, 0.15) is 11.4 Å². The lowest BCUT2D eigenvalue weighted by molar-refractivity contribution is -0.141. The van der Waals surface area contributed by atoms with E-state index in [1.54, 1.807) is 25.3 Å². The van der Waals surface area contributed by atoms with Gasteiger partial charge in [-0.25, -0.2) is 4.98 Å². The number of rotatable bonds is 6. The number of likely N-dealkylation sites (tertiary alicyclic amines) is 1. The van der Waals surface area contributed by atoms with Crippen LogP contribution in [0.2, 0.25) is 0 Å². The number of aryl methyl sites for hydroxylation is 1. The van der Waals surface area contributed by atoms with Gasteiger partial charge in [0.2, 0.25) is 5.91 Å². The molecule has 1 fully saturated rings. The summed E-state index contributed by atoms with van der Waals surface area (Å²) in [4.78, 5) is 30.7. The number of anilines is 1. The number of piperidine rings is 1. The zero-order chi connectivity index (χ0) is 26.6. The molecule has 0 bridgehead atoms. The van der Waals surface area contributed by atoms with E-state index in [4.69, 9.17) is 4.74 Å². The number of methoxy groups -OCH3 is 1. The zero-order valence-electron chi connectivity index (χ0n) is 20.6. The first-order chi connectivity index (χ1) is 17.6. The fourth-order valence-corrected chi connectivity index (χ4v) is 4.53. The third kappa shape index (κ3) is 6.67. The molecule has 2 aromatic carbocycles. The van der Waals surface area contributed by atoms with Crippen molar-refractivity contribution in [3.05, 3.63) is 88.7 Å². The van der Waals surface area contributed by atoms with Crippen molar-refractivity contribution in [2.75, 3.05) is 25.5 Å². The van der Waals surface area contributed by atoms with E-state index < -0.39 is 17.8 Å². The molecule has 37 heavy (non-hydrogen) atoms. The van der Waals surface area contributed by atoms with Crippen molar-refractivity contribution in [1.82, 2.24) is 9.88 Å². The molecule has 2 heterocycles. The van der Waals surface area contributed by atoms with Gasteiger partial charge in [0.25, 0.3) is 5.91 Å². The number of nitrogens with zero attached hydrogens (tertiary/aromatic N) is 2. The second-order valence-corrected chi connectivity index (χ2v) is 9.16. The van der Waals surface area contributed by atoms with Crippen LogP contribution in [0, 0.1) is 6.92 Å². The Kier molecular flexibility index (Phi) is 7.80. The van der Waals surface area contributed by atoms with Crippen molar-refractivity contribution in [3.8, 4) is 5.75 Å². The first-order valence-corrected chi connectivity index (χ1v) is 12.0. The number of amides is 2. The van der Waals surface area contributed by atoms with Crippen LogP contribution in [0.25, 0.3) is 0 Å². The molecule has 0 radical (unpaired) electrons. The number of pyridine rings is 1. The van der Waals surface area contributed by atoms with Crippen molar-refractivity contribution in [2.24, 2.45) is 0 Å². The maximum atomic E-state index is 13.0. The smallest absolute Gasteiger partial charge is 0.433 e. The third-order valence-corrected chi connectivity index (χ3v) is 6.42. The standard InChI is InChI=1S/C28H28F3N3O3/c1-18-14-21(16-24(15-18)37-2)27(36)34-12-10-20(11-13-34)19-6-8-22(9-7-19)33-26(35)17-23-4-3-5-25(32-23)28(29,30)31/h3-9,14-16,20H,10-13,17H2,1-2H3,(H,33,35). The monoisotopic (exact) mass is 511 g/mol. The Hall–Kier alpha value is -3.88. The summed E-state index contributed by atoms with van der Waals surface area (Å²) >= 11 is 0. The van der Waals surface area contributed by atoms with Crippen LogP contribution < -0.4 is 10.1 Å². The molecule has 1 aliphatic heterocycles. The third-order valence-electron chi connectivity index (χ3n) is 6.42. The van der Waals surface area contributed by atoms with Crippen LogP contribution in [0.15, 0.2) is 60.7 Å². The van der Waals surface area contributed by atoms with Crippen molar-refractivity contribution >= 4 is 17.5 Å². The molecular weight excluding hydrogens is 483 g/mol. The molecule has 0 saturated carbocycles. The second kappa shape index (κ2) is 11.0. The van der Waals surface area contributed by atoms with E-state index in [1.807, 2.05) is 36.1 Å². The van der Waals surface area contributed by atoms with E-state index in [0.29, 0.717) is 30.1 Å². The minimum atomic E-state index is -4.56. The van der Waals surface area contributed by atoms with E-state index in [2.05, 4.69) is 10.3 Å². The van der Waals surface area contributed by atoms with E-state index in [9.17, 15) is 22.8 Å². The molecule has 0 unspecified atom stereocenters. The number of ether oxygens (including phenoxy) is 1. The first-order valence-electron chi connectivity index (χ1n) is 12.0. The molecule has 4 rings (SSSR count). The van der Waals surface area contributed by atoms with Gasteiger partial charge in [-0.15, -0.1) is 0 Å². The molecular formula is C28H28F3N3O3. The summed E-state index contributed by atoms with van der Waals surface area (Å²) in [7, 11) is 1.58. The Bertz CT molecular complexity index is 1270. The van der Waals surface area contributed by atoms with Crippen molar-refractivity contribution in [1.29, 1.82) is 0 Å². The summed E-state index contributed by atoms with van der Waals surface area (Å²) in [5.74, 6) is 0.500. The van der Waals surface area contributed by atoms with E-state index >= 15 is 0 Å². The number of nitrogens with one attached hydrogen (secondary N) is 1. The first kappa shape index (κ1) is 26.2. The molecule has 1 N–H and O–H groups in total. The summed E-state index contributed by atoms with van der Waals surface area (Å²) in [6.45, 7) is 3.21. The van der Waals surface area contributed by atoms with Crippen molar-refractivity contribution < 1.29 is 27.5 Å². The topological polar surface area (TPSA) is 71.5 Å². The van der Waals surface area contributed by atoms with Gasteiger partial charge in [0.15, 0.2) is 0 Å². The van der Waals surface area contributed by atoms with Gasteiger partial charge in [-0.1, -0.05) is 18.2 Å². The summed E-state index contributed by atoms with van der Waals surface area (Å²) in [6.07, 6.45) is -3.17. The molecule has 0 spiro atoms. The normalized spacial score (nSPS) is 14.4. The van der Waals surface area contributed by atoms with Gasteiger partial charge in [0.05, 0.1) is 19.2 Å². The molecule has 194 valence electrons. The second-order valence-electron chi connectivity index (χ2n) is 9.16. The number of alkyl halides is 3. The van der Waals surface area contributed by atoms with Crippen molar-refractivity contribution in [2.45, 2.75) is 38.3 Å². The predicted octanol–water partition coefficient (Wildman–Crippen LogP) is 5.62. The number of carbonyl (C=O) groups excluding carboxylic acids is 2. The number of benzene rings is 2. The van der Waals surface area contributed by atoms with Gasteiger partial charge in [-0.05, 0) is 79.3 Å². The van der Waals surface area contributed by atoms with Gasteiger partial charge < -0.3 is 15.0 Å². The quantitative estimate of drug-likeness (QED) is 0.467. The van der Waals surface area contributed by atoms with E-state index in [-0.39, 0.29) is 23.9 Å². The fourth-order valence-electron chi connectivity index (χ4n) is 4.53. The Balaban J connectivity index is 1.31. The summed E-state index contributed by atoms with van der Waals surface area (Å²) < 4.78 is 43.8. The molecule has 3 aromatic rings. The Morgan fingerprint density at radius 2 is 1.76 bits per heavy atom. The van der Waals surface area contributed by atoms with Crippen LogP contribution in [0.5, 0.6) is 5.75 Å². The van der Waals surface area contributed by atoms with Crippen LogP contribution in [0.3, 0.4) is 0 Å². The summed E-state index contributed by atoms with van der Waals surface area (Å²) in [6, 6.07) is 16.5. The predicted molar refractivity (Wildman–Crippen MR) is 134 cm³/mol. The van der Waals surface area contributed by atoms with Crippen LogP contribution in [-0.2, 0) is 17.4 Å². The minimum absolute atomic E-state index is 0.00577. The lowest BCUT2D eigenvalue weighted by Crippen LogP contribution is -2.38. The molecule has 1 aromatic heterocycles. The molecule has 1 saturated heterocycles. The van der Waals surface area contributed by atoms with Crippen molar-refractivity contribution in [3.63, 3.8) is 0 Å². The highest BCUT2D eigenvalue weighted by Crippen LogP contribution is 2.30. The number of halogens is 3. The SMILES string of the molecule is COc1cc(C)cc(C(=O)N2CCC(c3ccc(NC(=O)Cc4cccc(C(F)(F)F)n4)cc3)CC2)c1. The van der Waals surface area contributed by atoms with Crippen LogP contribution in [-0.4, -0.2) is 41.9 Å². The number of carbonyl (C=O) groups is 2. The minimum Gasteiger partial charge on any atom is -0.497 e. The molecule has 0 aliphatic carbocycles. The Labute approximate surface area is 213 Å². The number of aromatic nitrogens is 1. The zero-order valence-corrected chi connectivity index (χ0v) is 20.6. The Morgan fingerprint density at radius 3 is 2.41 bits per heavy atom. The van der Waals surface area contributed by atoms with Crippen LogP contribution in [0.4, 0.5) is 18.9 Å². The maximum absolute atomic E-state index is 13.0. The van der Waals surface area contributed by atoms with Gasteiger partial charge in [0, 0.05) is 24.3 Å². The van der Waals surface area contributed by atoms with E-state index in [1.165, 1.54) is 12.1 Å². The Morgan fingerprint density at radius 1 is 1.05 bits per heavy atom. The largest absolute Gasteiger partial charge is 0.497 e. The highest BCUT2D eigenvalue weighted by atomic mass is 19.4.